The molecule has 2 aromatic heterocycles. The van der Waals surface area contributed by atoms with Crippen molar-refractivity contribution in [3.63, 3.8) is 0 Å². The summed E-state index contributed by atoms with van der Waals surface area (Å²) in [4.78, 5) is 8.62. The van der Waals surface area contributed by atoms with Crippen molar-refractivity contribution in [2.45, 2.75) is 19.4 Å². The number of anilines is 2. The number of nitrogens with zero attached hydrogens (tertiary/aromatic N) is 3. The standard InChI is InChI=1S/C11H18N6O2/c1-2-3-12-11-15-9(14-7(5-18)6-19)8-4-13-17-10(8)16-11/h4,7,18-19H,2-3,5-6H2,1H3,(H3,12,13,14,15,16,17). The molecule has 0 unspecified atom stereocenters. The Morgan fingerprint density at radius 2 is 2.11 bits per heavy atom. The average molecular weight is 266 g/mol. The Labute approximate surface area is 110 Å². The Bertz CT molecular complexity index is 525. The molecule has 8 heteroatoms. The first-order chi connectivity index (χ1) is 9.28. The number of aromatic amines is 1. The van der Waals surface area contributed by atoms with E-state index in [1.165, 1.54) is 0 Å². The largest absolute Gasteiger partial charge is 0.394 e. The maximum atomic E-state index is 9.12. The molecule has 0 fully saturated rings. The van der Waals surface area contributed by atoms with Gasteiger partial charge < -0.3 is 20.8 Å². The number of rotatable bonds is 7. The summed E-state index contributed by atoms with van der Waals surface area (Å²) in [6, 6.07) is -0.466. The van der Waals surface area contributed by atoms with Crippen LogP contribution in [0.15, 0.2) is 6.20 Å². The van der Waals surface area contributed by atoms with Crippen molar-refractivity contribution in [3.05, 3.63) is 6.20 Å². The third-order valence-corrected chi connectivity index (χ3v) is 2.62. The highest BCUT2D eigenvalue weighted by Gasteiger charge is 2.13. The molecule has 8 nitrogen and oxygen atoms in total. The van der Waals surface area contributed by atoms with Gasteiger partial charge in [0.1, 0.15) is 5.82 Å². The van der Waals surface area contributed by atoms with E-state index in [2.05, 4.69) is 37.7 Å². The Kier molecular flexibility index (Phi) is 4.48. The van der Waals surface area contributed by atoms with Crippen LogP contribution in [-0.2, 0) is 0 Å². The number of aliphatic hydroxyl groups excluding tert-OH is 2. The number of aromatic nitrogens is 4. The van der Waals surface area contributed by atoms with Crippen molar-refractivity contribution in [2.24, 2.45) is 0 Å². The first-order valence-corrected chi connectivity index (χ1v) is 6.21. The Morgan fingerprint density at radius 1 is 1.32 bits per heavy atom. The van der Waals surface area contributed by atoms with Gasteiger partial charge in [-0.3, -0.25) is 5.10 Å². The summed E-state index contributed by atoms with van der Waals surface area (Å²) in [7, 11) is 0. The topological polar surface area (TPSA) is 119 Å². The number of H-pyrrole nitrogens is 1. The Morgan fingerprint density at radius 3 is 2.79 bits per heavy atom. The molecule has 0 amide bonds. The molecule has 0 bridgehead atoms. The average Bonchev–Trinajstić information content (AvgIpc) is 2.90. The number of hydrogen-bond acceptors (Lipinski definition) is 7. The van der Waals surface area contributed by atoms with Crippen molar-refractivity contribution in [1.29, 1.82) is 0 Å². The fourth-order valence-electron chi connectivity index (χ4n) is 1.60. The van der Waals surface area contributed by atoms with Gasteiger partial charge in [-0.25, -0.2) is 0 Å². The summed E-state index contributed by atoms with van der Waals surface area (Å²) in [6.07, 6.45) is 2.57. The van der Waals surface area contributed by atoms with Crippen LogP contribution in [0.5, 0.6) is 0 Å². The summed E-state index contributed by atoms with van der Waals surface area (Å²) in [5, 5.41) is 31.7. The van der Waals surface area contributed by atoms with Gasteiger partial charge in [0.15, 0.2) is 5.65 Å². The van der Waals surface area contributed by atoms with E-state index in [0.29, 0.717) is 22.8 Å². The van der Waals surface area contributed by atoms with Crippen molar-refractivity contribution in [1.82, 2.24) is 20.2 Å². The molecule has 19 heavy (non-hydrogen) atoms. The highest BCUT2D eigenvalue weighted by molar-refractivity contribution is 5.87. The van der Waals surface area contributed by atoms with Crippen LogP contribution in [0.3, 0.4) is 0 Å². The Hall–Kier alpha value is -1.93. The summed E-state index contributed by atoms with van der Waals surface area (Å²) < 4.78 is 0. The van der Waals surface area contributed by atoms with Gasteiger partial charge in [-0.1, -0.05) is 6.92 Å². The lowest BCUT2D eigenvalue weighted by Gasteiger charge is -2.15. The number of fused-ring (bicyclic) bond motifs is 1. The number of nitrogens with one attached hydrogen (secondary N) is 3. The van der Waals surface area contributed by atoms with Crippen LogP contribution in [0, 0.1) is 0 Å². The molecular formula is C11H18N6O2. The van der Waals surface area contributed by atoms with Gasteiger partial charge in [0.2, 0.25) is 5.95 Å². The molecule has 5 N–H and O–H groups in total. The minimum atomic E-state index is -0.466. The second-order valence-electron chi connectivity index (χ2n) is 4.16. The van der Waals surface area contributed by atoms with Crippen LogP contribution in [-0.4, -0.2) is 56.2 Å². The SMILES string of the molecule is CCCNc1nc(NC(CO)CO)c2cn[nH]c2n1. The molecule has 0 aliphatic heterocycles. The lowest BCUT2D eigenvalue weighted by atomic mass is 10.3. The molecule has 104 valence electrons. The maximum absolute atomic E-state index is 9.12. The van der Waals surface area contributed by atoms with Gasteiger partial charge >= 0.3 is 0 Å². The van der Waals surface area contributed by atoms with Crippen molar-refractivity contribution >= 4 is 22.8 Å². The molecule has 0 spiro atoms. The van der Waals surface area contributed by atoms with E-state index in [1.807, 2.05) is 0 Å². The molecule has 0 aromatic carbocycles. The van der Waals surface area contributed by atoms with Gasteiger partial charge in [0.05, 0.1) is 30.8 Å². The molecule has 2 rings (SSSR count). The van der Waals surface area contributed by atoms with E-state index in [9.17, 15) is 0 Å². The number of hydrogen-bond donors (Lipinski definition) is 5. The van der Waals surface area contributed by atoms with E-state index in [1.54, 1.807) is 6.20 Å². The van der Waals surface area contributed by atoms with E-state index in [0.717, 1.165) is 13.0 Å². The van der Waals surface area contributed by atoms with Gasteiger partial charge in [-0.15, -0.1) is 0 Å². The fourth-order valence-corrected chi connectivity index (χ4v) is 1.60. The van der Waals surface area contributed by atoms with Gasteiger partial charge in [0.25, 0.3) is 0 Å². The zero-order valence-electron chi connectivity index (χ0n) is 10.7. The van der Waals surface area contributed by atoms with Crippen LogP contribution in [0.25, 0.3) is 11.0 Å². The van der Waals surface area contributed by atoms with Crippen LogP contribution in [0.1, 0.15) is 13.3 Å². The lowest BCUT2D eigenvalue weighted by molar-refractivity contribution is 0.203. The highest BCUT2D eigenvalue weighted by Crippen LogP contribution is 2.20. The zero-order valence-corrected chi connectivity index (χ0v) is 10.7. The molecule has 0 saturated carbocycles. The Balaban J connectivity index is 2.30. The fraction of sp³-hybridized carbons (Fsp3) is 0.545. The molecular weight excluding hydrogens is 248 g/mol. The van der Waals surface area contributed by atoms with E-state index in [-0.39, 0.29) is 13.2 Å². The van der Waals surface area contributed by atoms with E-state index >= 15 is 0 Å². The summed E-state index contributed by atoms with van der Waals surface area (Å²) in [6.45, 7) is 2.45. The quantitative estimate of drug-likeness (QED) is 0.476. The third-order valence-electron chi connectivity index (χ3n) is 2.62. The monoisotopic (exact) mass is 266 g/mol. The first-order valence-electron chi connectivity index (χ1n) is 6.21. The third kappa shape index (κ3) is 3.09. The molecule has 0 aliphatic carbocycles. The van der Waals surface area contributed by atoms with Crippen LogP contribution < -0.4 is 10.6 Å². The normalized spacial score (nSPS) is 11.2. The number of aliphatic hydroxyl groups is 2. The predicted octanol–water partition coefficient (Wildman–Crippen LogP) is -0.0601. The minimum absolute atomic E-state index is 0.183. The molecule has 2 heterocycles. The molecule has 2 aromatic rings. The summed E-state index contributed by atoms with van der Waals surface area (Å²) in [5.41, 5.74) is 0.603. The van der Waals surface area contributed by atoms with Gasteiger partial charge in [-0.05, 0) is 6.42 Å². The second kappa shape index (κ2) is 6.30. The van der Waals surface area contributed by atoms with Gasteiger partial charge in [-0.2, -0.15) is 15.1 Å². The van der Waals surface area contributed by atoms with Gasteiger partial charge in [0, 0.05) is 6.54 Å². The molecule has 0 saturated heterocycles. The van der Waals surface area contributed by atoms with E-state index in [4.69, 9.17) is 10.2 Å². The molecule has 0 radical (unpaired) electrons. The van der Waals surface area contributed by atoms with Crippen LogP contribution >= 0.6 is 0 Å². The summed E-state index contributed by atoms with van der Waals surface area (Å²) in [5.74, 6) is 1.01. The van der Waals surface area contributed by atoms with Crippen LogP contribution in [0.4, 0.5) is 11.8 Å². The zero-order chi connectivity index (χ0) is 13.7. The molecule has 0 atom stereocenters. The second-order valence-corrected chi connectivity index (χ2v) is 4.16. The minimum Gasteiger partial charge on any atom is -0.394 e. The predicted molar refractivity (Wildman–Crippen MR) is 72.0 cm³/mol. The highest BCUT2D eigenvalue weighted by atomic mass is 16.3. The van der Waals surface area contributed by atoms with Crippen molar-refractivity contribution in [2.75, 3.05) is 30.4 Å². The van der Waals surface area contributed by atoms with Crippen molar-refractivity contribution in [3.8, 4) is 0 Å². The lowest BCUT2D eigenvalue weighted by Crippen LogP contribution is -2.28. The van der Waals surface area contributed by atoms with Crippen molar-refractivity contribution < 1.29 is 10.2 Å². The maximum Gasteiger partial charge on any atom is 0.226 e. The summed E-state index contributed by atoms with van der Waals surface area (Å²) >= 11 is 0. The van der Waals surface area contributed by atoms with Crippen LogP contribution in [0.2, 0.25) is 0 Å². The first kappa shape index (κ1) is 13.5. The van der Waals surface area contributed by atoms with E-state index < -0.39 is 6.04 Å². The molecule has 0 aliphatic rings. The smallest absolute Gasteiger partial charge is 0.226 e.